The van der Waals surface area contributed by atoms with E-state index in [9.17, 15) is 0 Å². The summed E-state index contributed by atoms with van der Waals surface area (Å²) < 4.78 is 11.0. The number of hydrogen-bond acceptors (Lipinski definition) is 3. The summed E-state index contributed by atoms with van der Waals surface area (Å²) in [6.07, 6.45) is 1.09. The molecule has 0 saturated heterocycles. The first kappa shape index (κ1) is 13.8. The van der Waals surface area contributed by atoms with Gasteiger partial charge in [-0.1, -0.05) is 19.9 Å². The Labute approximate surface area is 104 Å². The molecule has 17 heavy (non-hydrogen) atoms. The summed E-state index contributed by atoms with van der Waals surface area (Å²) in [5.41, 5.74) is 7.67. The molecular formula is C14H23NO2. The molecule has 1 rings (SSSR count). The summed E-state index contributed by atoms with van der Waals surface area (Å²) in [7, 11) is 0. The molecule has 2 N–H and O–H groups in total. The maximum Gasteiger partial charge on any atom is 0.142 e. The van der Waals surface area contributed by atoms with Gasteiger partial charge in [-0.25, -0.2) is 0 Å². The van der Waals surface area contributed by atoms with E-state index in [1.54, 1.807) is 0 Å². The van der Waals surface area contributed by atoms with Gasteiger partial charge in [-0.05, 0) is 37.0 Å². The zero-order valence-electron chi connectivity index (χ0n) is 11.0. The van der Waals surface area contributed by atoms with Gasteiger partial charge in [0.25, 0.3) is 0 Å². The first-order valence-electron chi connectivity index (χ1n) is 6.16. The molecular weight excluding hydrogens is 214 g/mol. The molecule has 0 aromatic heterocycles. The number of nitrogen functional groups attached to an aromatic ring is 1. The van der Waals surface area contributed by atoms with Crippen molar-refractivity contribution in [3.63, 3.8) is 0 Å². The van der Waals surface area contributed by atoms with Crippen LogP contribution in [0.3, 0.4) is 0 Å². The third-order valence-electron chi connectivity index (χ3n) is 2.49. The lowest BCUT2D eigenvalue weighted by Crippen LogP contribution is -2.09. The van der Waals surface area contributed by atoms with E-state index in [0.717, 1.165) is 24.3 Å². The zero-order chi connectivity index (χ0) is 12.7. The van der Waals surface area contributed by atoms with Crippen molar-refractivity contribution in [3.8, 4) is 5.75 Å². The second-order valence-electron chi connectivity index (χ2n) is 4.68. The highest BCUT2D eigenvalue weighted by atomic mass is 16.5. The maximum absolute atomic E-state index is 5.84. The Morgan fingerprint density at radius 2 is 1.94 bits per heavy atom. The molecule has 0 aliphatic carbocycles. The fourth-order valence-electron chi connectivity index (χ4n) is 1.43. The Morgan fingerprint density at radius 1 is 1.18 bits per heavy atom. The molecule has 0 radical (unpaired) electrons. The number of benzene rings is 1. The Balaban J connectivity index is 2.18. The van der Waals surface area contributed by atoms with Crippen LogP contribution >= 0.6 is 0 Å². The van der Waals surface area contributed by atoms with Gasteiger partial charge in [0.15, 0.2) is 0 Å². The van der Waals surface area contributed by atoms with Crippen molar-refractivity contribution in [2.45, 2.75) is 27.2 Å². The molecule has 0 unspecified atom stereocenters. The average Bonchev–Trinajstić information content (AvgIpc) is 2.25. The SMILES string of the molecule is Cc1ccc(OCCOCCC(C)C)c(N)c1. The average molecular weight is 237 g/mol. The van der Waals surface area contributed by atoms with Gasteiger partial charge >= 0.3 is 0 Å². The van der Waals surface area contributed by atoms with Crippen molar-refractivity contribution in [2.24, 2.45) is 5.92 Å². The smallest absolute Gasteiger partial charge is 0.142 e. The van der Waals surface area contributed by atoms with Crippen molar-refractivity contribution < 1.29 is 9.47 Å². The van der Waals surface area contributed by atoms with E-state index in [1.165, 1.54) is 0 Å². The van der Waals surface area contributed by atoms with Gasteiger partial charge in [-0.2, -0.15) is 0 Å². The summed E-state index contributed by atoms with van der Waals surface area (Å²) in [6.45, 7) is 8.34. The van der Waals surface area contributed by atoms with Crippen LogP contribution in [0.4, 0.5) is 5.69 Å². The minimum Gasteiger partial charge on any atom is -0.489 e. The molecule has 0 spiro atoms. The summed E-state index contributed by atoms with van der Waals surface area (Å²) in [6, 6.07) is 5.80. The summed E-state index contributed by atoms with van der Waals surface area (Å²) >= 11 is 0. The number of rotatable bonds is 7. The van der Waals surface area contributed by atoms with Gasteiger partial charge in [-0.3, -0.25) is 0 Å². The van der Waals surface area contributed by atoms with Crippen molar-refractivity contribution in [3.05, 3.63) is 23.8 Å². The first-order valence-corrected chi connectivity index (χ1v) is 6.16. The predicted octanol–water partition coefficient (Wildman–Crippen LogP) is 3.02. The largest absolute Gasteiger partial charge is 0.489 e. The molecule has 0 saturated carbocycles. The molecule has 0 heterocycles. The third kappa shape index (κ3) is 5.59. The highest BCUT2D eigenvalue weighted by Crippen LogP contribution is 2.21. The molecule has 0 aliphatic rings. The van der Waals surface area contributed by atoms with Crippen molar-refractivity contribution in [1.29, 1.82) is 0 Å². The van der Waals surface area contributed by atoms with Crippen LogP contribution in [0, 0.1) is 12.8 Å². The minimum atomic E-state index is 0.547. The third-order valence-corrected chi connectivity index (χ3v) is 2.49. The quantitative estimate of drug-likeness (QED) is 0.585. The molecule has 0 amide bonds. The van der Waals surface area contributed by atoms with Crippen LogP contribution in [0.5, 0.6) is 5.75 Å². The van der Waals surface area contributed by atoms with Crippen molar-refractivity contribution in [2.75, 3.05) is 25.6 Å². The van der Waals surface area contributed by atoms with E-state index in [4.69, 9.17) is 15.2 Å². The van der Waals surface area contributed by atoms with Gasteiger partial charge in [-0.15, -0.1) is 0 Å². The molecule has 3 heteroatoms. The van der Waals surface area contributed by atoms with Crippen LogP contribution in [0.2, 0.25) is 0 Å². The first-order chi connectivity index (χ1) is 8.09. The number of nitrogens with two attached hydrogens (primary N) is 1. The normalized spacial score (nSPS) is 10.8. The van der Waals surface area contributed by atoms with Crippen LogP contribution < -0.4 is 10.5 Å². The van der Waals surface area contributed by atoms with Crippen LogP contribution in [-0.2, 0) is 4.74 Å². The number of aryl methyl sites for hydroxylation is 1. The van der Waals surface area contributed by atoms with E-state index in [1.807, 2.05) is 25.1 Å². The lowest BCUT2D eigenvalue weighted by Gasteiger charge is -2.10. The Hall–Kier alpha value is -1.22. The number of anilines is 1. The monoisotopic (exact) mass is 237 g/mol. The molecule has 0 bridgehead atoms. The van der Waals surface area contributed by atoms with Crippen LogP contribution in [0.15, 0.2) is 18.2 Å². The molecule has 0 fully saturated rings. The fourth-order valence-corrected chi connectivity index (χ4v) is 1.43. The van der Waals surface area contributed by atoms with Crippen molar-refractivity contribution in [1.82, 2.24) is 0 Å². The molecule has 1 aromatic rings. The maximum atomic E-state index is 5.84. The van der Waals surface area contributed by atoms with E-state index < -0.39 is 0 Å². The molecule has 0 atom stereocenters. The number of ether oxygens (including phenoxy) is 2. The Bertz CT molecular complexity index is 337. The van der Waals surface area contributed by atoms with Crippen LogP contribution in [-0.4, -0.2) is 19.8 Å². The van der Waals surface area contributed by atoms with Gasteiger partial charge in [0, 0.05) is 6.61 Å². The Kier molecular flexibility index (Phi) is 5.84. The van der Waals surface area contributed by atoms with E-state index in [2.05, 4.69) is 13.8 Å². The summed E-state index contributed by atoms with van der Waals surface area (Å²) in [4.78, 5) is 0. The summed E-state index contributed by atoms with van der Waals surface area (Å²) in [5, 5.41) is 0. The highest BCUT2D eigenvalue weighted by Gasteiger charge is 2.00. The topological polar surface area (TPSA) is 44.5 Å². The fraction of sp³-hybridized carbons (Fsp3) is 0.571. The van der Waals surface area contributed by atoms with E-state index in [0.29, 0.717) is 24.8 Å². The second kappa shape index (κ2) is 7.17. The van der Waals surface area contributed by atoms with Crippen LogP contribution in [0.1, 0.15) is 25.8 Å². The molecule has 3 nitrogen and oxygen atoms in total. The lowest BCUT2D eigenvalue weighted by molar-refractivity contribution is 0.0928. The second-order valence-corrected chi connectivity index (χ2v) is 4.68. The highest BCUT2D eigenvalue weighted by molar-refractivity contribution is 5.53. The molecule has 96 valence electrons. The zero-order valence-corrected chi connectivity index (χ0v) is 11.0. The van der Waals surface area contributed by atoms with Gasteiger partial charge in [0.05, 0.1) is 12.3 Å². The van der Waals surface area contributed by atoms with Crippen molar-refractivity contribution >= 4 is 5.69 Å². The van der Waals surface area contributed by atoms with Gasteiger partial charge in [0.1, 0.15) is 12.4 Å². The van der Waals surface area contributed by atoms with E-state index >= 15 is 0 Å². The standard InChI is InChI=1S/C14H23NO2/c1-11(2)6-7-16-8-9-17-14-5-4-12(3)10-13(14)15/h4-5,10-11H,6-9,15H2,1-3H3. The number of hydrogen-bond donors (Lipinski definition) is 1. The van der Waals surface area contributed by atoms with Gasteiger partial charge < -0.3 is 15.2 Å². The Morgan fingerprint density at radius 3 is 2.59 bits per heavy atom. The van der Waals surface area contributed by atoms with E-state index in [-0.39, 0.29) is 0 Å². The van der Waals surface area contributed by atoms with Gasteiger partial charge in [0.2, 0.25) is 0 Å². The predicted molar refractivity (Wildman–Crippen MR) is 71.4 cm³/mol. The molecule has 1 aromatic carbocycles. The van der Waals surface area contributed by atoms with Crippen LogP contribution in [0.25, 0.3) is 0 Å². The minimum absolute atomic E-state index is 0.547. The lowest BCUT2D eigenvalue weighted by atomic mass is 10.1. The summed E-state index contributed by atoms with van der Waals surface area (Å²) in [5.74, 6) is 1.42. The molecule has 0 aliphatic heterocycles.